The highest BCUT2D eigenvalue weighted by Gasteiger charge is 2.17. The van der Waals surface area contributed by atoms with Gasteiger partial charge in [-0.25, -0.2) is 22.4 Å². The van der Waals surface area contributed by atoms with Gasteiger partial charge in [0.1, 0.15) is 53.9 Å². The largest absolute Gasteiger partial charge is 0.497 e. The zero-order valence-corrected chi connectivity index (χ0v) is 37.3. The van der Waals surface area contributed by atoms with Crippen LogP contribution in [0.3, 0.4) is 0 Å². The molecule has 17 heteroatoms. The number of halogens is 4. The number of anilines is 2. The van der Waals surface area contributed by atoms with E-state index in [9.17, 15) is 41.5 Å². The first-order valence-corrected chi connectivity index (χ1v) is 20.1. The van der Waals surface area contributed by atoms with Crippen molar-refractivity contribution in [2.45, 2.75) is 44.9 Å². The normalized spacial score (nSPS) is 11.2. The summed E-state index contributed by atoms with van der Waals surface area (Å²) in [6.45, 7) is 1.38. The minimum atomic E-state index is -0.678. The maximum atomic E-state index is 13.3. The third kappa shape index (κ3) is 16.7. The van der Waals surface area contributed by atoms with E-state index >= 15 is 0 Å². The van der Waals surface area contributed by atoms with E-state index in [0.29, 0.717) is 34.7 Å². The van der Waals surface area contributed by atoms with Crippen LogP contribution in [0.1, 0.15) is 18.1 Å². The van der Waals surface area contributed by atoms with Crippen molar-refractivity contribution in [3.63, 3.8) is 0 Å². The highest BCUT2D eigenvalue weighted by atomic mass is 19.1. The second kappa shape index (κ2) is 26.4. The molecule has 0 aliphatic heterocycles. The highest BCUT2D eigenvalue weighted by molar-refractivity contribution is 5.81. The fraction of sp³-hybridized carbons (Fsp3) is 0.271. The van der Waals surface area contributed by atoms with E-state index in [1.165, 1.54) is 44.0 Å². The molecule has 346 valence electrons. The first-order valence-electron chi connectivity index (χ1n) is 20.1. The molecular weight excluding hydrogens is 849 g/mol. The number of carbonyl (C=O) groups excluding carboxylic acids is 4. The molecule has 2 amide bonds. The van der Waals surface area contributed by atoms with Crippen LogP contribution < -0.4 is 35.6 Å². The SMILES string of the molecule is CC(Cc1cc(F)cc(F)c1)NC(=O)Cn1c(=O)n(CC=O)c2ccccc21.CN[C@H](C=O)Cc1cc(F)cc(F)c1.COc1ccc(N(C)C)cc1.COc1ccc(N(C)C=O)cc1. The van der Waals surface area contributed by atoms with E-state index in [0.717, 1.165) is 35.7 Å². The lowest BCUT2D eigenvalue weighted by Gasteiger charge is -2.14. The first kappa shape index (κ1) is 52.1. The van der Waals surface area contributed by atoms with E-state index in [1.807, 2.05) is 62.6 Å². The van der Waals surface area contributed by atoms with Crippen LogP contribution in [0, 0.1) is 23.3 Å². The Balaban J connectivity index is 0.000000254. The van der Waals surface area contributed by atoms with Gasteiger partial charge in [-0.3, -0.25) is 18.7 Å². The van der Waals surface area contributed by atoms with Crippen LogP contribution in [0.15, 0.2) is 114 Å². The number of ether oxygens (including phenoxy) is 2. The maximum Gasteiger partial charge on any atom is 0.329 e. The third-order valence-electron chi connectivity index (χ3n) is 9.50. The third-order valence-corrected chi connectivity index (χ3v) is 9.50. The quantitative estimate of drug-likeness (QED) is 0.0837. The van der Waals surface area contributed by atoms with Gasteiger partial charge in [0.05, 0.1) is 37.8 Å². The van der Waals surface area contributed by atoms with E-state index in [1.54, 1.807) is 59.5 Å². The number of nitrogens with zero attached hydrogens (tertiary/aromatic N) is 4. The predicted octanol–water partition coefficient (Wildman–Crippen LogP) is 6.37. The Morgan fingerprint density at radius 3 is 1.57 bits per heavy atom. The summed E-state index contributed by atoms with van der Waals surface area (Å²) in [5.74, 6) is -1.33. The van der Waals surface area contributed by atoms with Crippen LogP contribution in [0.25, 0.3) is 11.0 Å². The molecule has 5 aromatic carbocycles. The van der Waals surface area contributed by atoms with Crippen LogP contribution >= 0.6 is 0 Å². The molecule has 0 aliphatic rings. The van der Waals surface area contributed by atoms with Crippen LogP contribution in [-0.2, 0) is 45.1 Å². The zero-order chi connectivity index (χ0) is 48.1. The summed E-state index contributed by atoms with van der Waals surface area (Å²) >= 11 is 0. The van der Waals surface area contributed by atoms with E-state index in [4.69, 9.17) is 9.47 Å². The number of hydrogen-bond donors (Lipinski definition) is 2. The van der Waals surface area contributed by atoms with Crippen molar-refractivity contribution in [2.75, 3.05) is 52.2 Å². The molecule has 0 fully saturated rings. The molecule has 6 aromatic rings. The molecule has 0 bridgehead atoms. The van der Waals surface area contributed by atoms with Crippen LogP contribution in [0.2, 0.25) is 0 Å². The topological polar surface area (TPSA) is 144 Å². The van der Waals surface area contributed by atoms with Gasteiger partial charge >= 0.3 is 5.69 Å². The van der Waals surface area contributed by atoms with E-state index in [-0.39, 0.29) is 25.9 Å². The molecule has 0 spiro atoms. The second-order valence-electron chi connectivity index (χ2n) is 14.6. The summed E-state index contributed by atoms with van der Waals surface area (Å²) in [7, 11) is 10.6. The molecule has 0 saturated carbocycles. The van der Waals surface area contributed by atoms with Crippen molar-refractivity contribution >= 4 is 47.3 Å². The predicted molar refractivity (Wildman–Crippen MR) is 244 cm³/mol. The van der Waals surface area contributed by atoms with Crippen molar-refractivity contribution in [1.29, 1.82) is 0 Å². The standard InChI is InChI=1S/C20H19F2N3O3.C10H11F2NO.C9H11NO2.C9H13NO/c1-13(8-14-9-15(21)11-16(22)10-14)23-19(27)12-25-18-5-3-2-4-17(18)24(6-7-26)20(25)28;1-13-10(6-14)4-7-2-8(11)5-9(12)3-7;1-10(7-11)8-3-5-9(12-2)6-4-8;1-10(2)8-4-6-9(11-3)7-5-8/h2-5,7,9-11,13H,6,8,12H2,1H3,(H,23,27);2-3,5-6,10,13H,4H2,1H3;3-7H,1-2H3;4-7H,1-3H3/t;10-;;/m.0../s1. The number of likely N-dealkylation sites (N-methyl/N-ethyl adjacent to an activating group) is 1. The number of aldehydes is 2. The van der Waals surface area contributed by atoms with Crippen molar-refractivity contribution in [3.8, 4) is 11.5 Å². The molecule has 6 rings (SSSR count). The summed E-state index contributed by atoms with van der Waals surface area (Å²) in [5.41, 5.74) is 3.58. The highest BCUT2D eigenvalue weighted by Crippen LogP contribution is 2.18. The zero-order valence-electron chi connectivity index (χ0n) is 37.3. The second-order valence-corrected chi connectivity index (χ2v) is 14.6. The fourth-order valence-electron chi connectivity index (χ4n) is 6.23. The number of methoxy groups -OCH3 is 2. The Labute approximate surface area is 375 Å². The molecule has 1 unspecified atom stereocenters. The number of rotatable bonds is 16. The van der Waals surface area contributed by atoms with Crippen LogP contribution in [0.5, 0.6) is 11.5 Å². The molecule has 65 heavy (non-hydrogen) atoms. The molecule has 2 atom stereocenters. The number of nitrogens with one attached hydrogen (secondary N) is 2. The van der Waals surface area contributed by atoms with Crippen molar-refractivity contribution in [2.24, 2.45) is 0 Å². The average molecular weight is 903 g/mol. The molecule has 0 radical (unpaired) electrons. The fourth-order valence-corrected chi connectivity index (χ4v) is 6.23. The van der Waals surface area contributed by atoms with Gasteiger partial charge in [0.15, 0.2) is 0 Å². The summed E-state index contributed by atoms with van der Waals surface area (Å²) in [6.07, 6.45) is 2.62. The summed E-state index contributed by atoms with van der Waals surface area (Å²) in [6, 6.07) is 27.8. The number of fused-ring (bicyclic) bond motifs is 1. The Bertz CT molecular complexity index is 2470. The number of para-hydroxylation sites is 2. The minimum Gasteiger partial charge on any atom is -0.497 e. The monoisotopic (exact) mass is 902 g/mol. The van der Waals surface area contributed by atoms with Crippen molar-refractivity contribution in [1.82, 2.24) is 19.8 Å². The average Bonchev–Trinajstić information content (AvgIpc) is 3.54. The van der Waals surface area contributed by atoms with Gasteiger partial charge in [0.25, 0.3) is 0 Å². The van der Waals surface area contributed by atoms with Crippen LogP contribution in [0.4, 0.5) is 28.9 Å². The van der Waals surface area contributed by atoms with Gasteiger partial charge in [-0.2, -0.15) is 0 Å². The summed E-state index contributed by atoms with van der Waals surface area (Å²) in [4.78, 5) is 60.2. The summed E-state index contributed by atoms with van der Waals surface area (Å²) < 4.78 is 64.7. The number of imidazole rings is 1. The number of hydrogen-bond acceptors (Lipinski definition) is 9. The van der Waals surface area contributed by atoms with Gasteiger partial charge in [-0.1, -0.05) is 12.1 Å². The van der Waals surface area contributed by atoms with Crippen molar-refractivity contribution in [3.05, 3.63) is 154 Å². The molecule has 1 aromatic heterocycles. The van der Waals surface area contributed by atoms with Gasteiger partial charge in [-0.15, -0.1) is 0 Å². The molecular formula is C48H54F4N6O7. The maximum absolute atomic E-state index is 13.3. The molecule has 0 saturated heterocycles. The van der Waals surface area contributed by atoms with E-state index in [2.05, 4.69) is 15.5 Å². The lowest BCUT2D eigenvalue weighted by atomic mass is 10.1. The van der Waals surface area contributed by atoms with Crippen molar-refractivity contribution < 1.29 is 46.2 Å². The Hall–Kier alpha value is -7.27. The lowest BCUT2D eigenvalue weighted by molar-refractivity contribution is -0.122. The number of carbonyl (C=O) groups is 4. The van der Waals surface area contributed by atoms with E-state index < -0.39 is 46.9 Å². The molecule has 13 nitrogen and oxygen atoms in total. The first-order chi connectivity index (χ1) is 31.0. The minimum absolute atomic E-state index is 0.102. The molecule has 0 aliphatic carbocycles. The van der Waals surface area contributed by atoms with Gasteiger partial charge in [0, 0.05) is 50.7 Å². The Morgan fingerprint density at radius 2 is 1.15 bits per heavy atom. The van der Waals surface area contributed by atoms with Gasteiger partial charge in [0.2, 0.25) is 12.3 Å². The van der Waals surface area contributed by atoms with Gasteiger partial charge < -0.3 is 39.5 Å². The Kier molecular flexibility index (Phi) is 21.1. The number of benzene rings is 5. The Morgan fingerprint density at radius 1 is 0.692 bits per heavy atom. The molecule has 1 heterocycles. The summed E-state index contributed by atoms with van der Waals surface area (Å²) in [5, 5.41) is 5.45. The number of amides is 2. The molecule has 2 N–H and O–H groups in total. The lowest BCUT2D eigenvalue weighted by Crippen LogP contribution is -2.38. The van der Waals surface area contributed by atoms with Gasteiger partial charge in [-0.05, 0) is 123 Å². The number of aromatic nitrogens is 2. The van der Waals surface area contributed by atoms with Crippen LogP contribution in [-0.4, -0.2) is 88.5 Å². The smallest absolute Gasteiger partial charge is 0.329 e.